The van der Waals surface area contributed by atoms with Crippen molar-refractivity contribution in [2.45, 2.75) is 0 Å². The standard InChI is InChI=1S/C18H17N/c1-19(2)18-13-16(14-8-4-3-5-9-14)12-15-10-6-7-11-17(15)18/h3-13H,1-2H3. The summed E-state index contributed by atoms with van der Waals surface area (Å²) < 4.78 is 0. The van der Waals surface area contributed by atoms with E-state index in [0.29, 0.717) is 0 Å². The monoisotopic (exact) mass is 247 g/mol. The van der Waals surface area contributed by atoms with Crippen LogP contribution in [0.4, 0.5) is 5.69 Å². The van der Waals surface area contributed by atoms with Gasteiger partial charge in [-0.2, -0.15) is 0 Å². The first kappa shape index (κ1) is 11.8. The summed E-state index contributed by atoms with van der Waals surface area (Å²) in [5.74, 6) is 0. The zero-order valence-corrected chi connectivity index (χ0v) is 11.3. The Balaban J connectivity index is 2.28. The van der Waals surface area contributed by atoms with Gasteiger partial charge in [-0.3, -0.25) is 0 Å². The van der Waals surface area contributed by atoms with E-state index < -0.39 is 0 Å². The summed E-state index contributed by atoms with van der Waals surface area (Å²) in [7, 11) is 4.19. The SMILES string of the molecule is CN(C)c1cc(-c2ccccc2)cc2ccccc12. The summed E-state index contributed by atoms with van der Waals surface area (Å²) in [6.45, 7) is 0. The van der Waals surface area contributed by atoms with Gasteiger partial charge in [0.1, 0.15) is 0 Å². The quantitative estimate of drug-likeness (QED) is 0.641. The first-order valence-electron chi connectivity index (χ1n) is 6.51. The van der Waals surface area contributed by atoms with Crippen molar-refractivity contribution in [3.63, 3.8) is 0 Å². The molecular weight excluding hydrogens is 230 g/mol. The number of rotatable bonds is 2. The molecule has 0 radical (unpaired) electrons. The van der Waals surface area contributed by atoms with Crippen LogP contribution in [0.25, 0.3) is 21.9 Å². The number of hydrogen-bond donors (Lipinski definition) is 0. The zero-order chi connectivity index (χ0) is 13.2. The highest BCUT2D eigenvalue weighted by atomic mass is 15.1. The van der Waals surface area contributed by atoms with E-state index in [-0.39, 0.29) is 0 Å². The van der Waals surface area contributed by atoms with Crippen LogP contribution < -0.4 is 4.90 Å². The van der Waals surface area contributed by atoms with Gasteiger partial charge in [-0.05, 0) is 28.6 Å². The van der Waals surface area contributed by atoms with E-state index in [2.05, 4.69) is 85.7 Å². The Hall–Kier alpha value is -2.28. The van der Waals surface area contributed by atoms with Gasteiger partial charge in [0.05, 0.1) is 0 Å². The van der Waals surface area contributed by atoms with Crippen LogP contribution in [0.1, 0.15) is 0 Å². The van der Waals surface area contributed by atoms with Crippen LogP contribution in [0.3, 0.4) is 0 Å². The van der Waals surface area contributed by atoms with Gasteiger partial charge in [-0.1, -0.05) is 54.6 Å². The molecule has 19 heavy (non-hydrogen) atoms. The van der Waals surface area contributed by atoms with Crippen LogP contribution in [0.15, 0.2) is 66.7 Å². The molecule has 0 unspecified atom stereocenters. The Bertz CT molecular complexity index is 699. The molecule has 1 heteroatoms. The minimum absolute atomic E-state index is 1.26. The lowest BCUT2D eigenvalue weighted by molar-refractivity contribution is 1.14. The molecule has 0 fully saturated rings. The molecule has 3 rings (SSSR count). The molecule has 94 valence electrons. The molecule has 0 N–H and O–H groups in total. The maximum absolute atomic E-state index is 2.26. The number of benzene rings is 3. The molecule has 0 aliphatic rings. The Morgan fingerprint density at radius 1 is 0.684 bits per heavy atom. The van der Waals surface area contributed by atoms with Crippen molar-refractivity contribution in [1.29, 1.82) is 0 Å². The highest BCUT2D eigenvalue weighted by molar-refractivity contribution is 5.98. The molecule has 0 saturated heterocycles. The fourth-order valence-corrected chi connectivity index (χ4v) is 2.46. The minimum atomic E-state index is 1.26. The van der Waals surface area contributed by atoms with E-state index in [9.17, 15) is 0 Å². The lowest BCUT2D eigenvalue weighted by atomic mass is 9.99. The Labute approximate surface area is 114 Å². The van der Waals surface area contributed by atoms with Crippen LogP contribution in [0.5, 0.6) is 0 Å². The minimum Gasteiger partial charge on any atom is -0.377 e. The van der Waals surface area contributed by atoms with Crippen LogP contribution in [0.2, 0.25) is 0 Å². The molecule has 0 aliphatic carbocycles. The lowest BCUT2D eigenvalue weighted by Gasteiger charge is -2.17. The van der Waals surface area contributed by atoms with E-state index in [0.717, 1.165) is 0 Å². The molecule has 0 amide bonds. The van der Waals surface area contributed by atoms with Crippen molar-refractivity contribution < 1.29 is 0 Å². The third-order valence-electron chi connectivity index (χ3n) is 3.43. The second-order valence-electron chi connectivity index (χ2n) is 4.98. The topological polar surface area (TPSA) is 3.24 Å². The second kappa shape index (κ2) is 4.77. The van der Waals surface area contributed by atoms with E-state index in [1.807, 2.05) is 0 Å². The number of nitrogens with zero attached hydrogens (tertiary/aromatic N) is 1. The molecule has 0 aliphatic heterocycles. The maximum Gasteiger partial charge on any atom is 0.0446 e. The fraction of sp³-hybridized carbons (Fsp3) is 0.111. The van der Waals surface area contributed by atoms with Gasteiger partial charge >= 0.3 is 0 Å². The van der Waals surface area contributed by atoms with Gasteiger partial charge in [-0.15, -0.1) is 0 Å². The molecular formula is C18H17N. The van der Waals surface area contributed by atoms with E-state index >= 15 is 0 Å². The van der Waals surface area contributed by atoms with E-state index in [4.69, 9.17) is 0 Å². The molecule has 0 aromatic heterocycles. The summed E-state index contributed by atoms with van der Waals surface area (Å²) >= 11 is 0. The maximum atomic E-state index is 2.26. The Morgan fingerprint density at radius 2 is 1.37 bits per heavy atom. The van der Waals surface area contributed by atoms with E-state index in [1.54, 1.807) is 0 Å². The summed E-state index contributed by atoms with van der Waals surface area (Å²) in [5.41, 5.74) is 3.79. The molecule has 0 saturated carbocycles. The average Bonchev–Trinajstić information content (AvgIpc) is 2.47. The highest BCUT2D eigenvalue weighted by Crippen LogP contribution is 2.32. The zero-order valence-electron chi connectivity index (χ0n) is 11.3. The smallest absolute Gasteiger partial charge is 0.0446 e. The van der Waals surface area contributed by atoms with Crippen molar-refractivity contribution in [3.8, 4) is 11.1 Å². The first-order chi connectivity index (χ1) is 9.25. The Kier molecular flexibility index (Phi) is 2.96. The summed E-state index contributed by atoms with van der Waals surface area (Å²) in [4.78, 5) is 2.18. The van der Waals surface area contributed by atoms with Gasteiger partial charge in [0.15, 0.2) is 0 Å². The number of hydrogen-bond acceptors (Lipinski definition) is 1. The van der Waals surface area contributed by atoms with Crippen LogP contribution in [0, 0.1) is 0 Å². The normalized spacial score (nSPS) is 10.6. The predicted molar refractivity (Wildman–Crippen MR) is 83.7 cm³/mol. The van der Waals surface area contributed by atoms with E-state index in [1.165, 1.54) is 27.6 Å². The molecule has 0 spiro atoms. The van der Waals surface area contributed by atoms with Crippen LogP contribution in [-0.2, 0) is 0 Å². The molecule has 3 aromatic carbocycles. The first-order valence-corrected chi connectivity index (χ1v) is 6.51. The molecule has 0 heterocycles. The van der Waals surface area contributed by atoms with Crippen molar-refractivity contribution in [2.75, 3.05) is 19.0 Å². The summed E-state index contributed by atoms with van der Waals surface area (Å²) in [6.07, 6.45) is 0. The van der Waals surface area contributed by atoms with Gasteiger partial charge < -0.3 is 4.90 Å². The average molecular weight is 247 g/mol. The second-order valence-corrected chi connectivity index (χ2v) is 4.98. The molecule has 0 atom stereocenters. The van der Waals surface area contributed by atoms with Gasteiger partial charge in [-0.25, -0.2) is 0 Å². The van der Waals surface area contributed by atoms with Gasteiger partial charge in [0.2, 0.25) is 0 Å². The third-order valence-corrected chi connectivity index (χ3v) is 3.43. The number of fused-ring (bicyclic) bond motifs is 1. The fourth-order valence-electron chi connectivity index (χ4n) is 2.46. The highest BCUT2D eigenvalue weighted by Gasteiger charge is 2.06. The predicted octanol–water partition coefficient (Wildman–Crippen LogP) is 4.57. The van der Waals surface area contributed by atoms with Crippen LogP contribution in [-0.4, -0.2) is 14.1 Å². The summed E-state index contributed by atoms with van der Waals surface area (Å²) in [6, 6.07) is 23.6. The molecule has 3 aromatic rings. The van der Waals surface area contributed by atoms with Gasteiger partial charge in [0.25, 0.3) is 0 Å². The largest absolute Gasteiger partial charge is 0.377 e. The molecule has 1 nitrogen and oxygen atoms in total. The Morgan fingerprint density at radius 3 is 2.11 bits per heavy atom. The van der Waals surface area contributed by atoms with Gasteiger partial charge in [0, 0.05) is 25.2 Å². The van der Waals surface area contributed by atoms with Crippen molar-refractivity contribution >= 4 is 16.5 Å². The van der Waals surface area contributed by atoms with Crippen LogP contribution >= 0.6 is 0 Å². The third kappa shape index (κ3) is 2.19. The number of anilines is 1. The molecule has 0 bridgehead atoms. The van der Waals surface area contributed by atoms with Crippen molar-refractivity contribution in [3.05, 3.63) is 66.7 Å². The lowest BCUT2D eigenvalue weighted by Crippen LogP contribution is -2.09. The van der Waals surface area contributed by atoms with Crippen molar-refractivity contribution in [2.24, 2.45) is 0 Å². The van der Waals surface area contributed by atoms with Crippen molar-refractivity contribution in [1.82, 2.24) is 0 Å². The summed E-state index contributed by atoms with van der Waals surface area (Å²) in [5, 5.41) is 2.58.